The summed E-state index contributed by atoms with van der Waals surface area (Å²) in [5.41, 5.74) is 3.08. The third kappa shape index (κ3) is 6.11. The number of amides is 2. The summed E-state index contributed by atoms with van der Waals surface area (Å²) in [5, 5.41) is 2.80. The molecule has 0 spiro atoms. The quantitative estimate of drug-likeness (QED) is 0.242. The molecule has 2 amide bonds. The first kappa shape index (κ1) is 21.0. The summed E-state index contributed by atoms with van der Waals surface area (Å²) < 4.78 is 11.3. The average molecular weight is 378 g/mol. The number of nitrogens with two attached hydrogens (primary N) is 1. The van der Waals surface area contributed by atoms with E-state index in [1.54, 1.807) is 7.11 Å². The Kier molecular flexibility index (Phi) is 8.35. The van der Waals surface area contributed by atoms with Gasteiger partial charge in [0.15, 0.2) is 11.5 Å². The molecule has 1 atom stereocenters. The zero-order valence-electron chi connectivity index (χ0n) is 16.1. The van der Waals surface area contributed by atoms with Gasteiger partial charge in [-0.15, -0.1) is 0 Å². The van der Waals surface area contributed by atoms with E-state index in [-0.39, 0.29) is 18.2 Å². The number of rotatable bonds is 10. The van der Waals surface area contributed by atoms with Crippen molar-refractivity contribution in [1.82, 2.24) is 15.6 Å². The summed E-state index contributed by atoms with van der Waals surface area (Å²) in [7, 11) is 1.61. The summed E-state index contributed by atoms with van der Waals surface area (Å²) in [4.78, 5) is 25.8. The maximum atomic E-state index is 12.2. The molecule has 1 aromatic carbocycles. The van der Waals surface area contributed by atoms with Crippen LogP contribution in [0, 0.1) is 0 Å². The minimum Gasteiger partial charge on any atom is -0.493 e. The Morgan fingerprint density at radius 1 is 1.37 bits per heavy atom. The maximum Gasteiger partial charge on any atom is 0.237 e. The third-order valence-electron chi connectivity index (χ3n) is 4.60. The highest BCUT2D eigenvalue weighted by molar-refractivity contribution is 5.88. The predicted octanol–water partition coefficient (Wildman–Crippen LogP) is 0.945. The summed E-state index contributed by atoms with van der Waals surface area (Å²) in [6.45, 7) is 4.55. The Hall–Kier alpha value is -2.32. The molecular weight excluding hydrogens is 348 g/mol. The van der Waals surface area contributed by atoms with Gasteiger partial charge in [0.2, 0.25) is 11.8 Å². The smallest absolute Gasteiger partial charge is 0.237 e. The number of nitrogens with zero attached hydrogens (tertiary/aromatic N) is 1. The Labute approximate surface area is 160 Å². The number of hydrogen-bond donors (Lipinski definition) is 3. The lowest BCUT2D eigenvalue weighted by Crippen LogP contribution is -2.56. The molecule has 0 aromatic heterocycles. The largest absolute Gasteiger partial charge is 0.493 e. The minimum atomic E-state index is -0.543. The molecule has 8 heteroatoms. The van der Waals surface area contributed by atoms with Crippen LogP contribution in [-0.2, 0) is 16.1 Å². The van der Waals surface area contributed by atoms with Crippen LogP contribution in [0.25, 0.3) is 0 Å². The number of hydrazine groups is 1. The molecule has 1 aliphatic rings. The van der Waals surface area contributed by atoms with Gasteiger partial charge in [-0.1, -0.05) is 25.8 Å². The molecule has 1 heterocycles. The monoisotopic (exact) mass is 378 g/mol. The van der Waals surface area contributed by atoms with Gasteiger partial charge in [0.05, 0.1) is 26.2 Å². The number of hydrogen-bond acceptors (Lipinski definition) is 6. The fourth-order valence-electron chi connectivity index (χ4n) is 3.11. The molecule has 150 valence electrons. The van der Waals surface area contributed by atoms with E-state index >= 15 is 0 Å². The van der Waals surface area contributed by atoms with Crippen molar-refractivity contribution in [3.05, 3.63) is 23.8 Å². The van der Waals surface area contributed by atoms with Gasteiger partial charge < -0.3 is 14.8 Å². The zero-order valence-corrected chi connectivity index (χ0v) is 16.1. The van der Waals surface area contributed by atoms with Gasteiger partial charge in [-0.25, -0.2) is 5.84 Å². The minimum absolute atomic E-state index is 0.0259. The number of methoxy groups -OCH3 is 1. The van der Waals surface area contributed by atoms with E-state index in [2.05, 4.69) is 17.7 Å². The van der Waals surface area contributed by atoms with Gasteiger partial charge in [0.1, 0.15) is 0 Å². The van der Waals surface area contributed by atoms with Crippen molar-refractivity contribution >= 4 is 11.8 Å². The highest BCUT2D eigenvalue weighted by atomic mass is 16.5. The molecule has 2 rings (SSSR count). The van der Waals surface area contributed by atoms with Crippen LogP contribution in [0.5, 0.6) is 11.5 Å². The van der Waals surface area contributed by atoms with E-state index < -0.39 is 6.04 Å². The van der Waals surface area contributed by atoms with Crippen LogP contribution in [0.15, 0.2) is 18.2 Å². The summed E-state index contributed by atoms with van der Waals surface area (Å²) in [6, 6.07) is 5.23. The van der Waals surface area contributed by atoms with Crippen molar-refractivity contribution in [2.75, 3.05) is 26.8 Å². The zero-order chi connectivity index (χ0) is 19.6. The number of carbonyl (C=O) groups excluding carboxylic acids is 2. The number of ether oxygens (including phenoxy) is 2. The Morgan fingerprint density at radius 2 is 2.19 bits per heavy atom. The number of benzene rings is 1. The lowest BCUT2D eigenvalue weighted by molar-refractivity contribution is -0.134. The molecule has 0 bridgehead atoms. The molecule has 1 aromatic rings. The molecule has 0 aliphatic carbocycles. The van der Waals surface area contributed by atoms with Crippen molar-refractivity contribution in [2.24, 2.45) is 5.84 Å². The van der Waals surface area contributed by atoms with Crippen LogP contribution >= 0.6 is 0 Å². The van der Waals surface area contributed by atoms with Crippen molar-refractivity contribution < 1.29 is 19.1 Å². The summed E-state index contributed by atoms with van der Waals surface area (Å²) >= 11 is 0. The van der Waals surface area contributed by atoms with Crippen molar-refractivity contribution in [3.8, 4) is 11.5 Å². The second-order valence-electron chi connectivity index (χ2n) is 6.59. The lowest BCUT2D eigenvalue weighted by atomic mass is 10.1. The van der Waals surface area contributed by atoms with Crippen molar-refractivity contribution in [2.45, 2.75) is 45.2 Å². The highest BCUT2D eigenvalue weighted by Gasteiger charge is 2.31. The van der Waals surface area contributed by atoms with Gasteiger partial charge in [0, 0.05) is 19.6 Å². The SMILES string of the molecule is CCCCCOc1ccc(CN2CCNC(=O)C2CC(=O)NN)cc1OC. The molecular formula is C19H30N4O4. The standard InChI is InChI=1S/C19H30N4O4/c1-3-4-5-10-27-16-7-6-14(11-17(16)26-2)13-23-9-8-21-19(25)15(23)12-18(24)22-20/h6-7,11,15H,3-5,8-10,12-13,20H2,1-2H3,(H,21,25)(H,22,24). The van der Waals surface area contributed by atoms with Gasteiger partial charge in [0.25, 0.3) is 0 Å². The Bertz CT molecular complexity index is 638. The molecule has 4 N–H and O–H groups in total. The molecule has 1 unspecified atom stereocenters. The topological polar surface area (TPSA) is 106 Å². The van der Waals surface area contributed by atoms with Gasteiger partial charge in [-0.2, -0.15) is 0 Å². The van der Waals surface area contributed by atoms with Gasteiger partial charge in [-0.05, 0) is 24.1 Å². The van der Waals surface area contributed by atoms with Crippen LogP contribution < -0.4 is 26.1 Å². The lowest BCUT2D eigenvalue weighted by Gasteiger charge is -2.34. The molecule has 1 aliphatic heterocycles. The number of piperazine rings is 1. The number of nitrogens with one attached hydrogen (secondary N) is 2. The molecule has 8 nitrogen and oxygen atoms in total. The van der Waals surface area contributed by atoms with E-state index in [1.165, 1.54) is 0 Å². The van der Waals surface area contributed by atoms with Crippen molar-refractivity contribution in [3.63, 3.8) is 0 Å². The first-order valence-corrected chi connectivity index (χ1v) is 9.40. The fraction of sp³-hybridized carbons (Fsp3) is 0.579. The van der Waals surface area contributed by atoms with Crippen LogP contribution in [-0.4, -0.2) is 49.6 Å². The Balaban J connectivity index is 2.05. The third-order valence-corrected chi connectivity index (χ3v) is 4.60. The van der Waals surface area contributed by atoms with Crippen molar-refractivity contribution in [1.29, 1.82) is 0 Å². The molecule has 0 radical (unpaired) electrons. The molecule has 27 heavy (non-hydrogen) atoms. The first-order valence-electron chi connectivity index (χ1n) is 9.40. The van der Waals surface area contributed by atoms with Crippen LogP contribution in [0.1, 0.15) is 38.2 Å². The van der Waals surface area contributed by atoms with Crippen LogP contribution in [0.3, 0.4) is 0 Å². The molecule has 1 fully saturated rings. The summed E-state index contributed by atoms with van der Waals surface area (Å²) in [5.74, 6) is 6.02. The van der Waals surface area contributed by atoms with E-state index in [0.717, 1.165) is 24.8 Å². The first-order chi connectivity index (χ1) is 13.1. The highest BCUT2D eigenvalue weighted by Crippen LogP contribution is 2.29. The second-order valence-corrected chi connectivity index (χ2v) is 6.59. The van der Waals surface area contributed by atoms with Gasteiger partial charge in [-0.3, -0.25) is 19.9 Å². The second kappa shape index (κ2) is 10.7. The predicted molar refractivity (Wildman–Crippen MR) is 102 cm³/mol. The van der Waals surface area contributed by atoms with Gasteiger partial charge >= 0.3 is 0 Å². The number of unbranched alkanes of at least 4 members (excludes halogenated alkanes) is 2. The van der Waals surface area contributed by atoms with Crippen LogP contribution in [0.2, 0.25) is 0 Å². The fourth-order valence-corrected chi connectivity index (χ4v) is 3.11. The number of carbonyl (C=O) groups is 2. The molecule has 0 saturated carbocycles. The molecule has 1 saturated heterocycles. The van der Waals surface area contributed by atoms with E-state index in [4.69, 9.17) is 15.3 Å². The van der Waals surface area contributed by atoms with E-state index in [1.807, 2.05) is 23.1 Å². The van der Waals surface area contributed by atoms with E-state index in [9.17, 15) is 9.59 Å². The normalized spacial score (nSPS) is 17.3. The average Bonchev–Trinajstić information content (AvgIpc) is 2.68. The van der Waals surface area contributed by atoms with Crippen LogP contribution in [0.4, 0.5) is 0 Å². The summed E-state index contributed by atoms with van der Waals surface area (Å²) in [6.07, 6.45) is 3.31. The maximum absolute atomic E-state index is 12.2. The van der Waals surface area contributed by atoms with E-state index in [0.29, 0.717) is 37.7 Å². The Morgan fingerprint density at radius 3 is 2.89 bits per heavy atom.